The van der Waals surface area contributed by atoms with Crippen LogP contribution in [0, 0.1) is 4.77 Å². The van der Waals surface area contributed by atoms with Crippen LogP contribution in [0.25, 0.3) is 10.9 Å². The van der Waals surface area contributed by atoms with Gasteiger partial charge in [0.2, 0.25) is 0 Å². The maximum Gasteiger partial charge on any atom is 0.262 e. The van der Waals surface area contributed by atoms with Crippen molar-refractivity contribution in [1.29, 1.82) is 0 Å². The van der Waals surface area contributed by atoms with E-state index in [0.717, 1.165) is 29.3 Å². The van der Waals surface area contributed by atoms with Crippen molar-refractivity contribution in [2.75, 3.05) is 6.54 Å². The third kappa shape index (κ3) is 5.22. The van der Waals surface area contributed by atoms with Crippen LogP contribution in [0.4, 0.5) is 0 Å². The van der Waals surface area contributed by atoms with Crippen molar-refractivity contribution >= 4 is 45.0 Å². The molecule has 3 aromatic rings. The summed E-state index contributed by atoms with van der Waals surface area (Å²) in [7, 11) is 0. The zero-order valence-electron chi connectivity index (χ0n) is 17.1. The third-order valence-electron chi connectivity index (χ3n) is 5.59. The number of fused-ring (bicyclic) bond motifs is 1. The molecule has 0 aliphatic heterocycles. The second-order valence-corrected chi connectivity index (χ2v) is 9.13. The van der Waals surface area contributed by atoms with E-state index in [0.29, 0.717) is 34.3 Å². The Bertz CT molecular complexity index is 1280. The molecule has 1 aromatic heterocycles. The van der Waals surface area contributed by atoms with Gasteiger partial charge in [0, 0.05) is 16.6 Å². The van der Waals surface area contributed by atoms with Crippen LogP contribution in [-0.4, -0.2) is 22.0 Å². The van der Waals surface area contributed by atoms with E-state index < -0.39 is 0 Å². The molecule has 1 amide bonds. The van der Waals surface area contributed by atoms with Crippen LogP contribution < -0.4 is 10.9 Å². The van der Waals surface area contributed by atoms with Crippen LogP contribution in [0.2, 0.25) is 0 Å². The fraction of sp³-hybridized carbons (Fsp3) is 0.292. The van der Waals surface area contributed by atoms with Gasteiger partial charge in [-0.25, -0.2) is 0 Å². The predicted molar refractivity (Wildman–Crippen MR) is 130 cm³/mol. The average molecular weight is 498 g/mol. The molecule has 2 aromatic carbocycles. The number of hydrogen-bond acceptors (Lipinski definition) is 3. The first-order valence-corrected chi connectivity index (χ1v) is 11.7. The molecule has 1 aliphatic carbocycles. The summed E-state index contributed by atoms with van der Waals surface area (Å²) >= 11 is 8.89. The highest BCUT2D eigenvalue weighted by Crippen LogP contribution is 2.19. The van der Waals surface area contributed by atoms with Gasteiger partial charge in [0.05, 0.1) is 17.4 Å². The number of H-pyrrole nitrogens is 1. The van der Waals surface area contributed by atoms with Gasteiger partial charge in [0.1, 0.15) is 0 Å². The van der Waals surface area contributed by atoms with Gasteiger partial charge in [-0.15, -0.1) is 0 Å². The van der Waals surface area contributed by atoms with E-state index in [-0.39, 0.29) is 11.5 Å². The number of carbonyl (C=O) groups is 1. The van der Waals surface area contributed by atoms with Gasteiger partial charge in [-0.2, -0.15) is 0 Å². The quantitative estimate of drug-likeness (QED) is 0.349. The van der Waals surface area contributed by atoms with Gasteiger partial charge in [0.15, 0.2) is 4.77 Å². The minimum Gasteiger partial charge on any atom is -0.352 e. The highest BCUT2D eigenvalue weighted by Gasteiger charge is 2.11. The number of aromatic amines is 1. The Morgan fingerprint density at radius 2 is 2.06 bits per heavy atom. The molecule has 4 rings (SSSR count). The van der Waals surface area contributed by atoms with Crippen molar-refractivity contribution in [3.8, 4) is 0 Å². The normalized spacial score (nSPS) is 13.8. The summed E-state index contributed by atoms with van der Waals surface area (Å²) in [4.78, 5) is 28.7. The topological polar surface area (TPSA) is 66.9 Å². The monoisotopic (exact) mass is 497 g/mol. The Morgan fingerprint density at radius 3 is 2.84 bits per heavy atom. The van der Waals surface area contributed by atoms with Gasteiger partial charge >= 0.3 is 0 Å². The molecular formula is C24H24BrN3O2S. The number of allylic oxidation sites excluding steroid dienone is 1. The number of halogens is 1. The summed E-state index contributed by atoms with van der Waals surface area (Å²) in [6, 6.07) is 12.9. The Kier molecular flexibility index (Phi) is 6.83. The molecule has 1 heterocycles. The molecule has 0 atom stereocenters. The molecule has 0 spiro atoms. The Morgan fingerprint density at radius 1 is 1.19 bits per heavy atom. The van der Waals surface area contributed by atoms with E-state index >= 15 is 0 Å². The van der Waals surface area contributed by atoms with Crippen LogP contribution >= 0.6 is 28.1 Å². The number of nitrogens with one attached hydrogen (secondary N) is 2. The van der Waals surface area contributed by atoms with E-state index in [1.54, 1.807) is 18.2 Å². The molecule has 0 radical (unpaired) electrons. The summed E-state index contributed by atoms with van der Waals surface area (Å²) < 4.78 is 2.82. The zero-order chi connectivity index (χ0) is 21.8. The molecule has 31 heavy (non-hydrogen) atoms. The van der Waals surface area contributed by atoms with Crippen LogP contribution in [0.3, 0.4) is 0 Å². The number of rotatable bonds is 6. The lowest BCUT2D eigenvalue weighted by molar-refractivity contribution is 0.0954. The SMILES string of the molecule is O=C(NCCC1=CCCCC1)c1ccc2c(=O)n(Cc3cccc(Br)c3)c(=S)[nH]c2c1. The molecule has 160 valence electrons. The first-order chi connectivity index (χ1) is 15.0. The molecular weight excluding hydrogens is 474 g/mol. The predicted octanol–water partition coefficient (Wildman–Crippen LogP) is 5.49. The highest BCUT2D eigenvalue weighted by atomic mass is 79.9. The van der Waals surface area contributed by atoms with E-state index in [2.05, 4.69) is 32.3 Å². The molecule has 1 aliphatic rings. The minimum absolute atomic E-state index is 0.143. The van der Waals surface area contributed by atoms with Crippen LogP contribution in [0.5, 0.6) is 0 Å². The Balaban J connectivity index is 1.52. The first-order valence-electron chi connectivity index (χ1n) is 10.5. The molecule has 0 saturated heterocycles. The van der Waals surface area contributed by atoms with Crippen molar-refractivity contribution in [3.63, 3.8) is 0 Å². The molecule has 7 heteroatoms. The average Bonchev–Trinajstić information content (AvgIpc) is 2.77. The van der Waals surface area contributed by atoms with Crippen LogP contribution in [0.15, 0.2) is 63.4 Å². The summed E-state index contributed by atoms with van der Waals surface area (Å²) in [6.45, 7) is 0.995. The number of hydrogen-bond donors (Lipinski definition) is 2. The van der Waals surface area contributed by atoms with Gasteiger partial charge in [-0.1, -0.05) is 39.7 Å². The second kappa shape index (κ2) is 9.75. The van der Waals surface area contributed by atoms with Crippen molar-refractivity contribution < 1.29 is 4.79 Å². The van der Waals surface area contributed by atoms with Crippen LogP contribution in [0.1, 0.15) is 48.0 Å². The lowest BCUT2D eigenvalue weighted by Gasteiger charge is -2.13. The summed E-state index contributed by atoms with van der Waals surface area (Å²) in [6.07, 6.45) is 7.97. The maximum atomic E-state index is 13.0. The zero-order valence-corrected chi connectivity index (χ0v) is 19.5. The lowest BCUT2D eigenvalue weighted by atomic mass is 9.97. The number of benzene rings is 2. The van der Waals surface area contributed by atoms with Gasteiger partial charge in [-0.3, -0.25) is 14.2 Å². The van der Waals surface area contributed by atoms with Gasteiger partial charge in [0.25, 0.3) is 11.5 Å². The first kappa shape index (κ1) is 21.7. The number of nitrogens with zero attached hydrogens (tertiary/aromatic N) is 1. The number of carbonyl (C=O) groups excluding carboxylic acids is 1. The molecule has 0 unspecified atom stereocenters. The molecule has 0 bridgehead atoms. The standard InChI is InChI=1S/C24H24BrN3O2S/c25-19-8-4-7-17(13-19)15-28-23(30)20-10-9-18(14-21(20)27-24(28)31)22(29)26-12-11-16-5-2-1-3-6-16/h4-5,7-10,13-14H,1-3,6,11-12,15H2,(H,26,29)(H,27,31). The molecule has 2 N–H and O–H groups in total. The van der Waals surface area contributed by atoms with Crippen LogP contribution in [-0.2, 0) is 6.54 Å². The fourth-order valence-corrected chi connectivity index (χ4v) is 4.63. The van der Waals surface area contributed by atoms with Gasteiger partial charge in [-0.05, 0) is 80.2 Å². The fourth-order valence-electron chi connectivity index (χ4n) is 3.93. The van der Waals surface area contributed by atoms with E-state index in [9.17, 15) is 9.59 Å². The number of amides is 1. The lowest BCUT2D eigenvalue weighted by Crippen LogP contribution is -2.26. The molecule has 0 saturated carbocycles. The minimum atomic E-state index is -0.171. The second-order valence-electron chi connectivity index (χ2n) is 7.83. The van der Waals surface area contributed by atoms with Gasteiger partial charge < -0.3 is 10.3 Å². The largest absolute Gasteiger partial charge is 0.352 e. The smallest absolute Gasteiger partial charge is 0.262 e. The number of aromatic nitrogens is 2. The Labute approximate surface area is 194 Å². The molecule has 0 fully saturated rings. The summed E-state index contributed by atoms with van der Waals surface area (Å²) in [5.41, 5.74) is 3.32. The van der Waals surface area contributed by atoms with Crippen molar-refractivity contribution in [2.45, 2.75) is 38.6 Å². The van der Waals surface area contributed by atoms with Crippen molar-refractivity contribution in [1.82, 2.24) is 14.9 Å². The molecule has 5 nitrogen and oxygen atoms in total. The van der Waals surface area contributed by atoms with E-state index in [1.807, 2.05) is 24.3 Å². The van der Waals surface area contributed by atoms with Crippen molar-refractivity contribution in [2.24, 2.45) is 0 Å². The van der Waals surface area contributed by atoms with E-state index in [1.165, 1.54) is 23.0 Å². The summed E-state index contributed by atoms with van der Waals surface area (Å²) in [5.74, 6) is -0.143. The summed E-state index contributed by atoms with van der Waals surface area (Å²) in [5, 5.41) is 3.49. The maximum absolute atomic E-state index is 13.0. The highest BCUT2D eigenvalue weighted by molar-refractivity contribution is 9.10. The third-order valence-corrected chi connectivity index (χ3v) is 6.41. The van der Waals surface area contributed by atoms with E-state index in [4.69, 9.17) is 12.2 Å². The Hall–Kier alpha value is -2.51. The van der Waals surface area contributed by atoms with Crippen molar-refractivity contribution in [3.05, 3.63) is 84.8 Å².